The number of nitrogens with zero attached hydrogens (tertiary/aromatic N) is 5. The van der Waals surface area contributed by atoms with Gasteiger partial charge in [-0.2, -0.15) is 4.98 Å². The molecule has 3 aromatic rings. The predicted octanol–water partition coefficient (Wildman–Crippen LogP) is 3.37. The summed E-state index contributed by atoms with van der Waals surface area (Å²) in [6.07, 6.45) is 9.57. The summed E-state index contributed by atoms with van der Waals surface area (Å²) < 4.78 is 12.7. The van der Waals surface area contributed by atoms with Gasteiger partial charge in [-0.1, -0.05) is 0 Å². The van der Waals surface area contributed by atoms with Crippen LogP contribution in [0.3, 0.4) is 0 Å². The van der Waals surface area contributed by atoms with E-state index < -0.39 is 0 Å². The number of aryl methyl sites for hydroxylation is 2. The number of aromatic nitrogens is 5. The molecular formula is C20H25N5O2. The Kier molecular flexibility index (Phi) is 6.01. The van der Waals surface area contributed by atoms with Crippen molar-refractivity contribution in [1.82, 2.24) is 24.5 Å². The van der Waals surface area contributed by atoms with Gasteiger partial charge in [0.25, 0.3) is 0 Å². The van der Waals surface area contributed by atoms with Crippen molar-refractivity contribution in [2.45, 2.75) is 26.7 Å². The zero-order valence-corrected chi connectivity index (χ0v) is 16.2. The average Bonchev–Trinajstić information content (AvgIpc) is 3.47. The average molecular weight is 367 g/mol. The molecule has 142 valence electrons. The molecule has 0 bridgehead atoms. The fourth-order valence-corrected chi connectivity index (χ4v) is 2.44. The van der Waals surface area contributed by atoms with E-state index in [4.69, 9.17) is 9.47 Å². The predicted molar refractivity (Wildman–Crippen MR) is 103 cm³/mol. The summed E-state index contributed by atoms with van der Waals surface area (Å²) in [7, 11) is 3.61. The van der Waals surface area contributed by atoms with Crippen LogP contribution in [0, 0.1) is 19.8 Å². The van der Waals surface area contributed by atoms with E-state index in [1.165, 1.54) is 12.8 Å². The van der Waals surface area contributed by atoms with Gasteiger partial charge >= 0.3 is 0 Å². The van der Waals surface area contributed by atoms with Crippen LogP contribution in [0.1, 0.15) is 24.5 Å². The minimum atomic E-state index is 0.669. The number of rotatable bonds is 5. The fraction of sp³-hybridized carbons (Fsp3) is 0.400. The topological polar surface area (TPSA) is 75.0 Å². The molecule has 0 radical (unpaired) electrons. The lowest BCUT2D eigenvalue weighted by atomic mass is 10.2. The van der Waals surface area contributed by atoms with Crippen LogP contribution in [0.15, 0.2) is 36.9 Å². The molecule has 27 heavy (non-hydrogen) atoms. The zero-order chi connectivity index (χ0) is 19.2. The molecule has 0 amide bonds. The van der Waals surface area contributed by atoms with Crippen molar-refractivity contribution in [2.24, 2.45) is 13.0 Å². The Morgan fingerprint density at radius 2 is 1.96 bits per heavy atom. The monoisotopic (exact) mass is 367 g/mol. The molecule has 1 aliphatic rings. The molecule has 0 atom stereocenters. The summed E-state index contributed by atoms with van der Waals surface area (Å²) in [5, 5.41) is 0. The highest BCUT2D eigenvalue weighted by molar-refractivity contribution is 5.64. The minimum absolute atomic E-state index is 0.669. The van der Waals surface area contributed by atoms with Crippen molar-refractivity contribution in [3.05, 3.63) is 48.6 Å². The summed E-state index contributed by atoms with van der Waals surface area (Å²) >= 11 is 0. The van der Waals surface area contributed by atoms with Crippen molar-refractivity contribution < 1.29 is 9.47 Å². The first-order valence-electron chi connectivity index (χ1n) is 8.97. The second-order valence-electron chi connectivity index (χ2n) is 6.53. The van der Waals surface area contributed by atoms with Crippen LogP contribution < -0.4 is 9.47 Å². The molecule has 1 fully saturated rings. The van der Waals surface area contributed by atoms with E-state index in [1.54, 1.807) is 19.5 Å². The van der Waals surface area contributed by atoms with Gasteiger partial charge in [-0.3, -0.25) is 4.98 Å². The second kappa shape index (κ2) is 8.62. The first-order chi connectivity index (χ1) is 13.1. The van der Waals surface area contributed by atoms with E-state index in [2.05, 4.69) is 19.9 Å². The summed E-state index contributed by atoms with van der Waals surface area (Å²) in [5.74, 6) is 3.86. The number of hydrogen-bond donors (Lipinski definition) is 0. The van der Waals surface area contributed by atoms with Crippen molar-refractivity contribution in [3.63, 3.8) is 0 Å². The Bertz CT molecular complexity index is 875. The summed E-state index contributed by atoms with van der Waals surface area (Å²) in [6.45, 7) is 4.60. The van der Waals surface area contributed by atoms with Gasteiger partial charge in [0.1, 0.15) is 17.4 Å². The van der Waals surface area contributed by atoms with Crippen LogP contribution in [0.5, 0.6) is 11.6 Å². The summed E-state index contributed by atoms with van der Waals surface area (Å²) in [5.41, 5.74) is 1.90. The van der Waals surface area contributed by atoms with Crippen molar-refractivity contribution in [3.8, 4) is 22.9 Å². The minimum Gasteiger partial charge on any atom is -0.495 e. The Hall–Kier alpha value is -2.96. The third-order valence-electron chi connectivity index (χ3n) is 4.39. The number of imidazole rings is 1. The normalized spacial score (nSPS) is 12.9. The van der Waals surface area contributed by atoms with E-state index in [9.17, 15) is 0 Å². The molecule has 0 N–H and O–H groups in total. The van der Waals surface area contributed by atoms with Gasteiger partial charge in [0.05, 0.1) is 37.4 Å². The smallest absolute Gasteiger partial charge is 0.226 e. The van der Waals surface area contributed by atoms with Gasteiger partial charge in [0.2, 0.25) is 5.88 Å². The first-order valence-corrected chi connectivity index (χ1v) is 8.97. The van der Waals surface area contributed by atoms with Crippen LogP contribution in [-0.2, 0) is 7.05 Å². The van der Waals surface area contributed by atoms with Crippen LogP contribution in [-0.4, -0.2) is 38.2 Å². The lowest BCUT2D eigenvalue weighted by Crippen LogP contribution is -2.05. The van der Waals surface area contributed by atoms with Crippen LogP contribution in [0.25, 0.3) is 11.3 Å². The number of methoxy groups -OCH3 is 1. The molecule has 0 aromatic carbocycles. The molecule has 0 aliphatic heterocycles. The van der Waals surface area contributed by atoms with Crippen LogP contribution in [0.4, 0.5) is 0 Å². The summed E-state index contributed by atoms with van der Waals surface area (Å²) in [6, 6.07) is 3.69. The fourth-order valence-electron chi connectivity index (χ4n) is 2.44. The zero-order valence-electron chi connectivity index (χ0n) is 16.2. The second-order valence-corrected chi connectivity index (χ2v) is 6.53. The Morgan fingerprint density at radius 1 is 1.15 bits per heavy atom. The van der Waals surface area contributed by atoms with Gasteiger partial charge < -0.3 is 14.0 Å². The highest BCUT2D eigenvalue weighted by Crippen LogP contribution is 2.32. The largest absolute Gasteiger partial charge is 0.495 e. The maximum absolute atomic E-state index is 5.87. The van der Waals surface area contributed by atoms with Gasteiger partial charge in [-0.05, 0) is 44.7 Å². The standard InChI is InChI=1S/C14H18N4O.C6H7NO/c1-9-15-6-12(13-7-16-10(2)18(13)3)14(17-9)19-8-11-4-5-11;1-8-6-3-2-4-7-5-6/h6-7,11H,4-5,8H2,1-3H3;2-5H,1H3. The highest BCUT2D eigenvalue weighted by atomic mass is 16.5. The molecule has 0 unspecified atom stereocenters. The Labute approximate surface area is 159 Å². The molecule has 3 heterocycles. The van der Waals surface area contributed by atoms with Crippen molar-refractivity contribution >= 4 is 0 Å². The number of hydrogen-bond acceptors (Lipinski definition) is 6. The molecule has 7 nitrogen and oxygen atoms in total. The Balaban J connectivity index is 0.000000221. The maximum atomic E-state index is 5.87. The van der Waals surface area contributed by atoms with Gasteiger partial charge in [-0.15, -0.1) is 0 Å². The molecule has 1 aliphatic carbocycles. The third kappa shape index (κ3) is 5.03. The maximum Gasteiger partial charge on any atom is 0.226 e. The van der Waals surface area contributed by atoms with Crippen molar-refractivity contribution in [2.75, 3.05) is 13.7 Å². The molecule has 3 aromatic heterocycles. The highest BCUT2D eigenvalue weighted by Gasteiger charge is 2.23. The molecular weight excluding hydrogens is 342 g/mol. The third-order valence-corrected chi connectivity index (χ3v) is 4.39. The van der Waals surface area contributed by atoms with E-state index in [0.29, 0.717) is 11.8 Å². The SMILES string of the molecule is COc1cccnc1.Cc1ncc(-c2cnc(C)n2C)c(OCC2CC2)n1. The molecule has 0 spiro atoms. The molecule has 1 saturated carbocycles. The van der Waals surface area contributed by atoms with E-state index in [1.807, 2.05) is 50.0 Å². The molecule has 0 saturated heterocycles. The molecule has 7 heteroatoms. The number of pyridine rings is 1. The number of ether oxygens (including phenoxy) is 2. The van der Waals surface area contributed by atoms with Gasteiger partial charge in [0.15, 0.2) is 0 Å². The van der Waals surface area contributed by atoms with E-state index in [-0.39, 0.29) is 0 Å². The van der Waals surface area contributed by atoms with Gasteiger partial charge in [-0.25, -0.2) is 9.97 Å². The quantitative estimate of drug-likeness (QED) is 0.688. The van der Waals surface area contributed by atoms with Crippen LogP contribution in [0.2, 0.25) is 0 Å². The first kappa shape index (κ1) is 18.8. The Morgan fingerprint density at radius 3 is 2.52 bits per heavy atom. The lowest BCUT2D eigenvalue weighted by molar-refractivity contribution is 0.288. The van der Waals surface area contributed by atoms with Crippen molar-refractivity contribution in [1.29, 1.82) is 0 Å². The van der Waals surface area contributed by atoms with E-state index >= 15 is 0 Å². The molecule has 4 rings (SSSR count). The lowest BCUT2D eigenvalue weighted by Gasteiger charge is -2.11. The van der Waals surface area contributed by atoms with Crippen LogP contribution >= 0.6 is 0 Å². The summed E-state index contributed by atoms with van der Waals surface area (Å²) in [4.78, 5) is 16.8. The van der Waals surface area contributed by atoms with Gasteiger partial charge in [0, 0.05) is 19.4 Å². The van der Waals surface area contributed by atoms with E-state index in [0.717, 1.165) is 35.3 Å².